The van der Waals surface area contributed by atoms with Crippen LogP contribution in [0.5, 0.6) is 0 Å². The van der Waals surface area contributed by atoms with Gasteiger partial charge in [-0.25, -0.2) is 0 Å². The van der Waals surface area contributed by atoms with Crippen molar-refractivity contribution in [3.05, 3.63) is 56.2 Å². The number of pyridine rings is 1. The van der Waals surface area contributed by atoms with Crippen molar-refractivity contribution in [3.8, 4) is 0 Å². The minimum atomic E-state index is 0. The van der Waals surface area contributed by atoms with E-state index in [0.29, 0.717) is 23.8 Å². The van der Waals surface area contributed by atoms with Crippen molar-refractivity contribution >= 4 is 0 Å². The van der Waals surface area contributed by atoms with Gasteiger partial charge in [-0.1, -0.05) is 148 Å². The Morgan fingerprint density at radius 2 is 1.48 bits per heavy atom. The number of fused-ring (bicyclic) bond motifs is 1. The standard InChI is InChI=1S/C37H60N2.2CH3.Hf/c1-6-14-28-17-12-21-30(26(4)5)36(28)39-37(33-20-10-9-18-29(33)25(2)3)35-24-13-23-34(38-35)32-22-11-16-27-15-7-8-19-31(27)32;;;/h13,22-33,36-37H,6-12,14-21H2,1-5H3;2*1H3;/q-2;2*-1;. The fourth-order valence-electron chi connectivity index (χ4n) is 9.84. The topological polar surface area (TPSA) is 27.0 Å². The molecule has 4 aliphatic rings. The number of rotatable bonds is 9. The molecule has 0 aliphatic heterocycles. The molecule has 5 rings (SSSR count). The molecular formula is C39H66HfN2-4. The van der Waals surface area contributed by atoms with Gasteiger partial charge in [0.1, 0.15) is 0 Å². The third-order valence-electron chi connectivity index (χ3n) is 11.8. The Balaban J connectivity index is 0.00000205. The normalized spacial score (nSPS) is 34.0. The van der Waals surface area contributed by atoms with Crippen LogP contribution >= 0.6 is 0 Å². The molecule has 0 amide bonds. The first-order chi connectivity index (χ1) is 19.0. The van der Waals surface area contributed by atoms with E-state index in [1.807, 2.05) is 0 Å². The molecule has 0 spiro atoms. The number of hydrogen-bond acceptors (Lipinski definition) is 1. The van der Waals surface area contributed by atoms with E-state index in [1.54, 1.807) is 0 Å². The van der Waals surface area contributed by atoms with E-state index < -0.39 is 0 Å². The smallest absolute Gasteiger partial charge is 0.0234 e. The summed E-state index contributed by atoms with van der Waals surface area (Å²) >= 11 is 0. The largest absolute Gasteiger partial charge is 0.651 e. The first-order valence-electron chi connectivity index (χ1n) is 17.5. The van der Waals surface area contributed by atoms with Gasteiger partial charge in [0.15, 0.2) is 0 Å². The van der Waals surface area contributed by atoms with Crippen molar-refractivity contribution in [2.75, 3.05) is 0 Å². The van der Waals surface area contributed by atoms with Gasteiger partial charge in [-0.05, 0) is 48.1 Å². The second-order valence-electron chi connectivity index (χ2n) is 14.9. The van der Waals surface area contributed by atoms with Crippen molar-refractivity contribution in [3.63, 3.8) is 0 Å². The molecule has 1 aromatic rings. The van der Waals surface area contributed by atoms with Gasteiger partial charge < -0.3 is 26.6 Å². The minimum absolute atomic E-state index is 0. The molecule has 9 unspecified atom stereocenters. The van der Waals surface area contributed by atoms with Gasteiger partial charge in [0.2, 0.25) is 0 Å². The molecule has 9 atom stereocenters. The number of hydrogen-bond donors (Lipinski definition) is 0. The predicted molar refractivity (Wildman–Crippen MR) is 180 cm³/mol. The van der Waals surface area contributed by atoms with Crippen molar-refractivity contribution < 1.29 is 25.8 Å². The molecule has 0 aromatic carbocycles. The third kappa shape index (κ3) is 8.82. The van der Waals surface area contributed by atoms with E-state index >= 15 is 0 Å². The van der Waals surface area contributed by atoms with E-state index in [1.165, 1.54) is 108 Å². The second kappa shape index (κ2) is 18.2. The van der Waals surface area contributed by atoms with Crippen LogP contribution in [0.2, 0.25) is 0 Å². The molecule has 4 aliphatic carbocycles. The Kier molecular flexibility index (Phi) is 16.5. The number of aromatic nitrogens is 1. The van der Waals surface area contributed by atoms with Crippen LogP contribution in [0.25, 0.3) is 5.32 Å². The van der Waals surface area contributed by atoms with Gasteiger partial charge in [-0.2, -0.15) is 6.42 Å². The quantitative estimate of drug-likeness (QED) is 0.183. The Labute approximate surface area is 282 Å². The molecule has 42 heavy (non-hydrogen) atoms. The van der Waals surface area contributed by atoms with E-state index in [4.69, 9.17) is 10.3 Å². The monoisotopic (exact) mass is 742 g/mol. The third-order valence-corrected chi connectivity index (χ3v) is 11.8. The fourth-order valence-corrected chi connectivity index (χ4v) is 9.84. The first kappa shape index (κ1) is 38.2. The van der Waals surface area contributed by atoms with Crippen molar-refractivity contribution in [2.45, 2.75) is 149 Å². The first-order valence-corrected chi connectivity index (χ1v) is 17.5. The molecule has 3 heteroatoms. The zero-order valence-corrected chi connectivity index (χ0v) is 32.3. The van der Waals surface area contributed by atoms with Gasteiger partial charge in [0, 0.05) is 37.2 Å². The molecule has 240 valence electrons. The molecule has 4 fully saturated rings. The van der Waals surface area contributed by atoms with Crippen LogP contribution in [-0.4, -0.2) is 11.0 Å². The van der Waals surface area contributed by atoms with E-state index in [0.717, 1.165) is 35.5 Å². The predicted octanol–water partition coefficient (Wildman–Crippen LogP) is 12.0. The van der Waals surface area contributed by atoms with Gasteiger partial charge >= 0.3 is 0 Å². The summed E-state index contributed by atoms with van der Waals surface area (Å²) in [4.78, 5) is 5.64. The maximum Gasteiger partial charge on any atom is 0.0234 e. The average Bonchev–Trinajstić information content (AvgIpc) is 2.96. The molecule has 0 N–H and O–H groups in total. The van der Waals surface area contributed by atoms with Crippen molar-refractivity contribution in [2.24, 2.45) is 47.3 Å². The van der Waals surface area contributed by atoms with E-state index in [9.17, 15) is 0 Å². The summed E-state index contributed by atoms with van der Waals surface area (Å²) in [6.07, 6.45) is 23.3. The Morgan fingerprint density at radius 3 is 2.19 bits per heavy atom. The van der Waals surface area contributed by atoms with E-state index in [2.05, 4.69) is 59.2 Å². The van der Waals surface area contributed by atoms with Crippen LogP contribution < -0.4 is 0 Å². The summed E-state index contributed by atoms with van der Waals surface area (Å²) in [5.74, 6) is 6.66. The molecule has 1 heterocycles. The van der Waals surface area contributed by atoms with Crippen LogP contribution in [-0.2, 0) is 25.8 Å². The molecule has 4 saturated carbocycles. The summed E-state index contributed by atoms with van der Waals surface area (Å²) < 4.78 is 0. The van der Waals surface area contributed by atoms with E-state index in [-0.39, 0.29) is 46.7 Å². The molecule has 0 radical (unpaired) electrons. The van der Waals surface area contributed by atoms with Gasteiger partial charge in [-0.3, -0.25) is 4.98 Å². The Morgan fingerprint density at radius 1 is 0.810 bits per heavy atom. The fraction of sp³-hybridized carbons (Fsp3) is 0.795. The van der Waals surface area contributed by atoms with Crippen LogP contribution in [0.4, 0.5) is 0 Å². The van der Waals surface area contributed by atoms with Crippen LogP contribution in [0.3, 0.4) is 0 Å². The molecule has 0 saturated heterocycles. The summed E-state index contributed by atoms with van der Waals surface area (Å²) in [6, 6.07) is 7.89. The van der Waals surface area contributed by atoms with Crippen LogP contribution in [0.15, 0.2) is 18.2 Å². The summed E-state index contributed by atoms with van der Waals surface area (Å²) in [5, 5.41) is 6.06. The van der Waals surface area contributed by atoms with Crippen LogP contribution in [0.1, 0.15) is 154 Å². The van der Waals surface area contributed by atoms with Crippen molar-refractivity contribution in [1.29, 1.82) is 0 Å². The number of nitrogens with zero attached hydrogens (tertiary/aromatic N) is 2. The zero-order valence-electron chi connectivity index (χ0n) is 28.7. The summed E-state index contributed by atoms with van der Waals surface area (Å²) in [7, 11) is 0. The SMILES string of the molecule is CCCC1CCCC(C(C)C)C1[N-]C(c1cccc(C2[CH-]CCC3CCCCC32)n1)C1CCCCC1C(C)C.[CH3-].[CH3-].[Hf]. The maximum atomic E-state index is 6.06. The van der Waals surface area contributed by atoms with Gasteiger partial charge in [-0.15, -0.1) is 12.0 Å². The minimum Gasteiger partial charge on any atom is -0.651 e. The van der Waals surface area contributed by atoms with Crippen LogP contribution in [0, 0.1) is 68.6 Å². The van der Waals surface area contributed by atoms with Gasteiger partial charge in [0.05, 0.1) is 0 Å². The van der Waals surface area contributed by atoms with Gasteiger partial charge in [0.25, 0.3) is 0 Å². The average molecular weight is 741 g/mol. The molecule has 0 bridgehead atoms. The summed E-state index contributed by atoms with van der Waals surface area (Å²) in [6.45, 7) is 12.3. The van der Waals surface area contributed by atoms with Crippen molar-refractivity contribution in [1.82, 2.24) is 4.98 Å². The molecule has 1 aromatic heterocycles. The Bertz CT molecular complexity index is 879. The summed E-state index contributed by atoms with van der Waals surface area (Å²) in [5.41, 5.74) is 2.69. The maximum absolute atomic E-state index is 6.06. The second-order valence-corrected chi connectivity index (χ2v) is 14.9. The molecular weight excluding hydrogens is 675 g/mol. The Hall–Kier alpha value is -0.0199. The zero-order chi connectivity index (χ0) is 27.4. The molecule has 2 nitrogen and oxygen atoms in total.